The van der Waals surface area contributed by atoms with Gasteiger partial charge in [-0.1, -0.05) is 25.1 Å². The Morgan fingerprint density at radius 3 is 3.12 bits per heavy atom. The van der Waals surface area contributed by atoms with Crippen LogP contribution in [0.3, 0.4) is 0 Å². The van der Waals surface area contributed by atoms with Crippen molar-refractivity contribution < 1.29 is 9.53 Å². The summed E-state index contributed by atoms with van der Waals surface area (Å²) in [6, 6.07) is 5.90. The molecule has 3 aliphatic rings. The number of hydrogen-bond acceptors (Lipinski definition) is 4. The Labute approximate surface area is 150 Å². The van der Waals surface area contributed by atoms with Crippen LogP contribution < -0.4 is 5.32 Å². The molecule has 1 aromatic heterocycles. The molecule has 5 atom stereocenters. The maximum absolute atomic E-state index is 12.5. The summed E-state index contributed by atoms with van der Waals surface area (Å²) < 4.78 is 5.81. The van der Waals surface area contributed by atoms with Crippen LogP contribution in [0.15, 0.2) is 36.5 Å². The Morgan fingerprint density at radius 1 is 1.44 bits per heavy atom. The summed E-state index contributed by atoms with van der Waals surface area (Å²) >= 11 is 0. The van der Waals surface area contributed by atoms with Crippen molar-refractivity contribution in [3.63, 3.8) is 0 Å². The second-order valence-electron chi connectivity index (χ2n) is 8.36. The Morgan fingerprint density at radius 2 is 2.32 bits per heavy atom. The van der Waals surface area contributed by atoms with Gasteiger partial charge in [0.2, 0.25) is 0 Å². The van der Waals surface area contributed by atoms with Crippen LogP contribution in [0.1, 0.15) is 44.7 Å². The van der Waals surface area contributed by atoms with Gasteiger partial charge in [0.1, 0.15) is 6.10 Å². The third-order valence-corrected chi connectivity index (χ3v) is 6.72. The van der Waals surface area contributed by atoms with Gasteiger partial charge in [-0.15, -0.1) is 0 Å². The minimum atomic E-state index is -0.0343. The van der Waals surface area contributed by atoms with E-state index < -0.39 is 0 Å². The second-order valence-corrected chi connectivity index (χ2v) is 8.36. The fraction of sp³-hybridized carbons (Fsp3) is 0.619. The standard InChI is InChI=1S/C21H28N2O2/c1-14-6-5-8-21(2)11-19-16(10-18(14)21)17(20(24)25-19)13-22-12-15-7-3-4-9-23-15/h3-4,7,9,16-19,22H,1,5-6,8,10-13H2,2H3/t16-,17-,18+,19-,21-/m1/s1. The minimum Gasteiger partial charge on any atom is -0.462 e. The van der Waals surface area contributed by atoms with E-state index in [-0.39, 0.29) is 23.4 Å². The first-order valence-electron chi connectivity index (χ1n) is 9.55. The molecule has 3 fully saturated rings. The molecule has 2 heterocycles. The molecule has 4 nitrogen and oxygen atoms in total. The molecule has 0 unspecified atom stereocenters. The molecule has 1 N–H and O–H groups in total. The van der Waals surface area contributed by atoms with E-state index in [4.69, 9.17) is 4.74 Å². The van der Waals surface area contributed by atoms with E-state index in [9.17, 15) is 4.79 Å². The lowest BCUT2D eigenvalue weighted by molar-refractivity contribution is -0.146. The highest BCUT2D eigenvalue weighted by Gasteiger charge is 2.54. The lowest BCUT2D eigenvalue weighted by Crippen LogP contribution is -2.45. The highest BCUT2D eigenvalue weighted by atomic mass is 16.6. The molecule has 0 aromatic carbocycles. The molecule has 4 heteroatoms. The number of carbonyl (C=O) groups excluding carboxylic acids is 1. The average molecular weight is 340 g/mol. The summed E-state index contributed by atoms with van der Waals surface area (Å²) in [7, 11) is 0. The van der Waals surface area contributed by atoms with Crippen molar-refractivity contribution in [2.75, 3.05) is 6.54 Å². The molecule has 0 bridgehead atoms. The normalized spacial score (nSPS) is 37.3. The Hall–Kier alpha value is -1.68. The maximum Gasteiger partial charge on any atom is 0.310 e. The fourth-order valence-corrected chi connectivity index (χ4v) is 5.35. The van der Waals surface area contributed by atoms with Crippen molar-refractivity contribution >= 4 is 5.97 Å². The number of hydrogen-bond donors (Lipinski definition) is 1. The molecule has 0 spiro atoms. The molecule has 0 amide bonds. The topological polar surface area (TPSA) is 51.2 Å². The first-order valence-corrected chi connectivity index (χ1v) is 9.55. The number of nitrogens with zero attached hydrogens (tertiary/aromatic N) is 1. The largest absolute Gasteiger partial charge is 0.462 e. The molecule has 134 valence electrons. The van der Waals surface area contributed by atoms with Crippen LogP contribution in [0.2, 0.25) is 0 Å². The third-order valence-electron chi connectivity index (χ3n) is 6.72. The van der Waals surface area contributed by atoms with Gasteiger partial charge in [0.15, 0.2) is 0 Å². The smallest absolute Gasteiger partial charge is 0.310 e. The van der Waals surface area contributed by atoms with Gasteiger partial charge in [0.05, 0.1) is 11.6 Å². The number of allylic oxidation sites excluding steroid dienone is 1. The number of pyridine rings is 1. The van der Waals surface area contributed by atoms with E-state index in [2.05, 4.69) is 23.8 Å². The molecule has 4 rings (SSSR count). The summed E-state index contributed by atoms with van der Waals surface area (Å²) in [4.78, 5) is 16.8. The Kier molecular flexibility index (Phi) is 4.40. The second kappa shape index (κ2) is 6.56. The third kappa shape index (κ3) is 3.12. The Bertz CT molecular complexity index is 659. The van der Waals surface area contributed by atoms with E-state index >= 15 is 0 Å². The molecular weight excluding hydrogens is 312 g/mol. The van der Waals surface area contributed by atoms with Crippen molar-refractivity contribution in [1.29, 1.82) is 0 Å². The van der Waals surface area contributed by atoms with Crippen molar-refractivity contribution in [3.8, 4) is 0 Å². The van der Waals surface area contributed by atoms with Gasteiger partial charge in [0.25, 0.3) is 0 Å². The zero-order valence-corrected chi connectivity index (χ0v) is 15.0. The van der Waals surface area contributed by atoms with Crippen LogP contribution in [0.5, 0.6) is 0 Å². The number of rotatable bonds is 4. The predicted octanol–water partition coefficient (Wildman–Crippen LogP) is 3.49. The number of fused-ring (bicyclic) bond motifs is 2. The summed E-state index contributed by atoms with van der Waals surface area (Å²) in [5.74, 6) is 0.830. The number of carbonyl (C=O) groups is 1. The van der Waals surface area contributed by atoms with E-state index in [0.29, 0.717) is 24.9 Å². The lowest BCUT2D eigenvalue weighted by atomic mass is 9.55. The SMILES string of the molecule is C=C1CCC[C@]2(C)C[C@H]3OC(=O)[C@H](CNCc4ccccn4)[C@H]3C[C@@H]12. The summed E-state index contributed by atoms with van der Waals surface area (Å²) in [5.41, 5.74) is 2.67. The van der Waals surface area contributed by atoms with Gasteiger partial charge in [-0.05, 0) is 55.6 Å². The van der Waals surface area contributed by atoms with Gasteiger partial charge >= 0.3 is 5.97 Å². The molecule has 1 saturated heterocycles. The number of esters is 1. The minimum absolute atomic E-state index is 0.0172. The quantitative estimate of drug-likeness (QED) is 0.673. The highest BCUT2D eigenvalue weighted by molar-refractivity contribution is 5.75. The van der Waals surface area contributed by atoms with Crippen LogP contribution in [0.4, 0.5) is 0 Å². The van der Waals surface area contributed by atoms with Gasteiger partial charge in [-0.2, -0.15) is 0 Å². The van der Waals surface area contributed by atoms with Crippen LogP contribution in [-0.4, -0.2) is 23.6 Å². The first kappa shape index (κ1) is 16.8. The van der Waals surface area contributed by atoms with Gasteiger partial charge in [-0.25, -0.2) is 0 Å². The van der Waals surface area contributed by atoms with Crippen LogP contribution >= 0.6 is 0 Å². The fourth-order valence-electron chi connectivity index (χ4n) is 5.35. The van der Waals surface area contributed by atoms with Crippen molar-refractivity contribution in [2.24, 2.45) is 23.2 Å². The molecule has 1 aliphatic heterocycles. The van der Waals surface area contributed by atoms with E-state index in [1.807, 2.05) is 18.2 Å². The molecule has 25 heavy (non-hydrogen) atoms. The van der Waals surface area contributed by atoms with Gasteiger partial charge in [0, 0.05) is 25.2 Å². The Balaban J connectivity index is 1.42. The summed E-state index contributed by atoms with van der Waals surface area (Å²) in [5, 5.41) is 3.41. The monoisotopic (exact) mass is 340 g/mol. The first-order chi connectivity index (χ1) is 12.1. The average Bonchev–Trinajstić information content (AvgIpc) is 2.88. The van der Waals surface area contributed by atoms with Crippen molar-refractivity contribution in [3.05, 3.63) is 42.2 Å². The van der Waals surface area contributed by atoms with Crippen molar-refractivity contribution in [2.45, 2.75) is 51.7 Å². The van der Waals surface area contributed by atoms with E-state index in [1.54, 1.807) is 6.20 Å². The maximum atomic E-state index is 12.5. The molecule has 2 saturated carbocycles. The zero-order chi connectivity index (χ0) is 17.4. The predicted molar refractivity (Wildman–Crippen MR) is 96.6 cm³/mol. The zero-order valence-electron chi connectivity index (χ0n) is 15.0. The summed E-state index contributed by atoms with van der Waals surface area (Å²) in [6.07, 6.45) is 7.57. The molecule has 1 aromatic rings. The van der Waals surface area contributed by atoms with Gasteiger partial charge < -0.3 is 10.1 Å². The number of nitrogens with one attached hydrogen (secondary N) is 1. The highest BCUT2D eigenvalue weighted by Crippen LogP contribution is 2.56. The van der Waals surface area contributed by atoms with Crippen LogP contribution in [0, 0.1) is 23.2 Å². The number of aromatic nitrogens is 1. The van der Waals surface area contributed by atoms with Crippen LogP contribution in [0.25, 0.3) is 0 Å². The lowest BCUT2D eigenvalue weighted by Gasteiger charge is -2.50. The summed E-state index contributed by atoms with van der Waals surface area (Å²) in [6.45, 7) is 8.09. The molecular formula is C21H28N2O2. The van der Waals surface area contributed by atoms with Gasteiger partial charge in [-0.3, -0.25) is 9.78 Å². The van der Waals surface area contributed by atoms with Crippen molar-refractivity contribution in [1.82, 2.24) is 10.3 Å². The number of ether oxygens (including phenoxy) is 1. The molecule has 2 aliphatic carbocycles. The van der Waals surface area contributed by atoms with E-state index in [1.165, 1.54) is 18.4 Å². The van der Waals surface area contributed by atoms with E-state index in [0.717, 1.165) is 25.0 Å². The van der Waals surface area contributed by atoms with Crippen LogP contribution in [-0.2, 0) is 16.1 Å². The molecule has 0 radical (unpaired) electrons.